The van der Waals surface area contributed by atoms with Crippen molar-refractivity contribution in [1.29, 1.82) is 0 Å². The van der Waals surface area contributed by atoms with Gasteiger partial charge in [0.2, 0.25) is 0 Å². The van der Waals surface area contributed by atoms with Crippen LogP contribution in [0.5, 0.6) is 0 Å². The van der Waals surface area contributed by atoms with Gasteiger partial charge >= 0.3 is 0 Å². The lowest BCUT2D eigenvalue weighted by Gasteiger charge is -2.00. The predicted molar refractivity (Wildman–Crippen MR) is 41.0 cm³/mol. The largest absolute Gasteiger partial charge is 0.296 e. The highest BCUT2D eigenvalue weighted by Gasteiger charge is 1.99. The summed E-state index contributed by atoms with van der Waals surface area (Å²) in [6.07, 6.45) is 2.93. The number of hydrogen-bond donors (Lipinski definition) is 2. The van der Waals surface area contributed by atoms with Crippen molar-refractivity contribution in [1.82, 2.24) is 4.98 Å². The van der Waals surface area contributed by atoms with E-state index in [-0.39, 0.29) is 0 Å². The van der Waals surface area contributed by atoms with Crippen LogP contribution in [0.15, 0.2) is 24.5 Å². The van der Waals surface area contributed by atoms with Crippen molar-refractivity contribution in [2.45, 2.75) is 0 Å². The summed E-state index contributed by atoms with van der Waals surface area (Å²) in [4.78, 5) is 3.70. The fraction of sp³-hybridized carbons (Fsp3) is 0. The summed E-state index contributed by atoms with van der Waals surface area (Å²) in [5.41, 5.74) is 0.405. The average Bonchev–Trinajstić information content (AvgIpc) is 1.85. The summed E-state index contributed by atoms with van der Waals surface area (Å²) in [6.45, 7) is 0. The van der Waals surface area contributed by atoms with Gasteiger partial charge in [-0.2, -0.15) is 8.42 Å². The molecule has 3 N–H and O–H groups in total. The maximum absolute atomic E-state index is 10.4. The highest BCUT2D eigenvalue weighted by molar-refractivity contribution is 7.90. The summed E-state index contributed by atoms with van der Waals surface area (Å²) in [5, 5.41) is 4.71. The maximum atomic E-state index is 10.4. The summed E-state index contributed by atoms with van der Waals surface area (Å²) >= 11 is 0. The van der Waals surface area contributed by atoms with E-state index in [9.17, 15) is 8.42 Å². The molecule has 1 aromatic heterocycles. The molecule has 0 bridgehead atoms. The number of pyridine rings is 1. The minimum atomic E-state index is -3.65. The molecule has 1 aromatic rings. The Kier molecular flexibility index (Phi) is 2.06. The fourth-order valence-corrected chi connectivity index (χ4v) is 1.05. The van der Waals surface area contributed by atoms with Gasteiger partial charge in [-0.3, -0.25) is 9.71 Å². The van der Waals surface area contributed by atoms with E-state index in [1.54, 1.807) is 0 Å². The van der Waals surface area contributed by atoms with E-state index < -0.39 is 10.2 Å². The molecule has 0 aliphatic carbocycles. The van der Waals surface area contributed by atoms with E-state index in [2.05, 4.69) is 9.71 Å². The van der Waals surface area contributed by atoms with Gasteiger partial charge in [0.05, 0.1) is 5.69 Å². The van der Waals surface area contributed by atoms with Crippen LogP contribution in [0.1, 0.15) is 0 Å². The third-order valence-corrected chi connectivity index (χ3v) is 1.46. The van der Waals surface area contributed by atoms with Crippen molar-refractivity contribution in [3.63, 3.8) is 0 Å². The Bertz CT molecular complexity index is 321. The summed E-state index contributed by atoms with van der Waals surface area (Å²) in [7, 11) is -3.65. The molecule has 0 aliphatic heterocycles. The average molecular weight is 173 g/mol. The molecule has 0 radical (unpaired) electrons. The van der Waals surface area contributed by atoms with Crippen molar-refractivity contribution in [2.24, 2.45) is 5.14 Å². The number of hydrogen-bond acceptors (Lipinski definition) is 3. The Hall–Kier alpha value is -1.14. The Balaban J connectivity index is 2.82. The molecule has 0 saturated heterocycles. The number of nitrogens with two attached hydrogens (primary N) is 1. The summed E-state index contributed by atoms with van der Waals surface area (Å²) in [6, 6.07) is 3.01. The van der Waals surface area contributed by atoms with Crippen LogP contribution < -0.4 is 9.86 Å². The van der Waals surface area contributed by atoms with Crippen molar-refractivity contribution < 1.29 is 8.42 Å². The molecule has 0 aromatic carbocycles. The summed E-state index contributed by atoms with van der Waals surface area (Å²) < 4.78 is 23.0. The first-order chi connectivity index (χ1) is 5.08. The van der Waals surface area contributed by atoms with Crippen LogP contribution >= 0.6 is 0 Å². The van der Waals surface area contributed by atoms with Crippen molar-refractivity contribution in [3.8, 4) is 0 Å². The molecule has 6 heteroatoms. The number of rotatable bonds is 2. The lowest BCUT2D eigenvalue weighted by Crippen LogP contribution is -2.21. The number of anilines is 1. The van der Waals surface area contributed by atoms with Crippen LogP contribution in [-0.4, -0.2) is 13.4 Å². The van der Waals surface area contributed by atoms with Gasteiger partial charge in [-0.1, -0.05) is 0 Å². The van der Waals surface area contributed by atoms with Crippen molar-refractivity contribution in [2.75, 3.05) is 4.72 Å². The molecule has 1 rings (SSSR count). The molecule has 0 unspecified atom stereocenters. The quantitative estimate of drug-likeness (QED) is 0.643. The van der Waals surface area contributed by atoms with Crippen LogP contribution in [0.3, 0.4) is 0 Å². The number of aromatic nitrogens is 1. The molecule has 60 valence electrons. The second-order valence-corrected chi connectivity index (χ2v) is 3.18. The first-order valence-corrected chi connectivity index (χ1v) is 4.33. The molecule has 0 atom stereocenters. The van der Waals surface area contributed by atoms with Crippen molar-refractivity contribution in [3.05, 3.63) is 24.5 Å². The van der Waals surface area contributed by atoms with E-state index in [1.807, 2.05) is 0 Å². The van der Waals surface area contributed by atoms with E-state index in [0.717, 1.165) is 0 Å². The predicted octanol–water partition coefficient (Wildman–Crippen LogP) is -0.303. The van der Waals surface area contributed by atoms with Gasteiger partial charge in [-0.15, -0.1) is 0 Å². The van der Waals surface area contributed by atoms with Gasteiger partial charge in [0.25, 0.3) is 10.2 Å². The van der Waals surface area contributed by atoms with Crippen LogP contribution in [0, 0.1) is 0 Å². The second kappa shape index (κ2) is 2.85. The van der Waals surface area contributed by atoms with Crippen molar-refractivity contribution >= 4 is 15.9 Å². The maximum Gasteiger partial charge on any atom is 0.296 e. The zero-order chi connectivity index (χ0) is 8.32. The minimum Gasteiger partial charge on any atom is -0.271 e. The number of nitrogens with one attached hydrogen (secondary N) is 1. The van der Waals surface area contributed by atoms with Crippen LogP contribution in [0.2, 0.25) is 0 Å². The molecule has 0 aliphatic rings. The Morgan fingerprint density at radius 1 is 1.36 bits per heavy atom. The second-order valence-electron chi connectivity index (χ2n) is 1.88. The Labute approximate surface area is 64.4 Å². The molecule has 0 amide bonds. The number of nitrogens with zero attached hydrogens (tertiary/aromatic N) is 1. The highest BCUT2D eigenvalue weighted by Crippen LogP contribution is 2.03. The van der Waals surface area contributed by atoms with Crippen LogP contribution in [-0.2, 0) is 10.2 Å². The molecule has 11 heavy (non-hydrogen) atoms. The van der Waals surface area contributed by atoms with Gasteiger partial charge < -0.3 is 0 Å². The SMILES string of the molecule is NS(=O)(=O)Nc1ccncc1. The molecular formula is C5H7N3O2S. The normalized spacial score (nSPS) is 11.0. The van der Waals surface area contributed by atoms with Gasteiger partial charge in [0.15, 0.2) is 0 Å². The third-order valence-electron chi connectivity index (χ3n) is 0.940. The van der Waals surface area contributed by atoms with Gasteiger partial charge in [-0.25, -0.2) is 5.14 Å². The topological polar surface area (TPSA) is 85.1 Å². The monoisotopic (exact) mass is 173 g/mol. The van der Waals surface area contributed by atoms with E-state index in [0.29, 0.717) is 5.69 Å². The minimum absolute atomic E-state index is 0.405. The van der Waals surface area contributed by atoms with E-state index >= 15 is 0 Å². The zero-order valence-electron chi connectivity index (χ0n) is 5.56. The van der Waals surface area contributed by atoms with Gasteiger partial charge in [-0.05, 0) is 12.1 Å². The van der Waals surface area contributed by atoms with Gasteiger partial charge in [0, 0.05) is 12.4 Å². The molecular weight excluding hydrogens is 166 g/mol. The lowest BCUT2D eigenvalue weighted by molar-refractivity contribution is 0.603. The third kappa shape index (κ3) is 2.96. The molecule has 5 nitrogen and oxygen atoms in total. The van der Waals surface area contributed by atoms with Crippen LogP contribution in [0.25, 0.3) is 0 Å². The standard InChI is InChI=1S/C5H7N3O2S/c6-11(9,10)8-5-1-3-7-4-2-5/h1-4H,(H,7,8)(H2,6,9,10). The van der Waals surface area contributed by atoms with Gasteiger partial charge in [0.1, 0.15) is 0 Å². The lowest BCUT2D eigenvalue weighted by atomic mass is 10.4. The summed E-state index contributed by atoms with van der Waals surface area (Å²) in [5.74, 6) is 0. The molecule has 0 fully saturated rings. The zero-order valence-corrected chi connectivity index (χ0v) is 6.38. The smallest absolute Gasteiger partial charge is 0.271 e. The van der Waals surface area contributed by atoms with E-state index in [1.165, 1.54) is 24.5 Å². The highest BCUT2D eigenvalue weighted by atomic mass is 32.2. The fourth-order valence-electron chi connectivity index (χ4n) is 0.584. The molecule has 0 spiro atoms. The Morgan fingerprint density at radius 2 is 1.91 bits per heavy atom. The first kappa shape index (κ1) is 7.96. The van der Waals surface area contributed by atoms with E-state index in [4.69, 9.17) is 5.14 Å². The molecule has 1 heterocycles. The first-order valence-electron chi connectivity index (χ1n) is 2.78. The molecule has 0 saturated carbocycles. The Morgan fingerprint density at radius 3 is 2.36 bits per heavy atom. The van der Waals surface area contributed by atoms with Crippen LogP contribution in [0.4, 0.5) is 5.69 Å².